The van der Waals surface area contributed by atoms with Crippen LogP contribution >= 0.6 is 0 Å². The molecule has 0 rings (SSSR count). The molecule has 0 aliphatic rings. The summed E-state index contributed by atoms with van der Waals surface area (Å²) in [4.78, 5) is 0. The van der Waals surface area contributed by atoms with E-state index in [0.29, 0.717) is 5.92 Å². The Morgan fingerprint density at radius 2 is 2.30 bits per heavy atom. The molecule has 1 atom stereocenters. The van der Waals surface area contributed by atoms with Gasteiger partial charge in [-0.2, -0.15) is 0 Å². The average molecular weight is 141 g/mol. The Hall–Kier alpha value is -0.790. The van der Waals surface area contributed by atoms with Crippen LogP contribution in [0.2, 0.25) is 0 Å². The van der Waals surface area contributed by atoms with E-state index in [9.17, 15) is 0 Å². The van der Waals surface area contributed by atoms with Gasteiger partial charge in [0.1, 0.15) is 0 Å². The molecule has 0 heterocycles. The molecule has 1 N–H and O–H groups in total. The molecule has 0 aromatic carbocycles. The average Bonchev–Trinajstić information content (AvgIpc) is 1.98. The lowest BCUT2D eigenvalue weighted by Gasteiger charge is -2.04. The summed E-state index contributed by atoms with van der Waals surface area (Å²) >= 11 is 0. The van der Waals surface area contributed by atoms with Gasteiger partial charge in [-0.3, -0.25) is 0 Å². The zero-order chi connectivity index (χ0) is 7.98. The van der Waals surface area contributed by atoms with E-state index in [1.165, 1.54) is 0 Å². The Balaban J connectivity index is 3.73. The van der Waals surface area contributed by atoms with E-state index >= 15 is 0 Å². The summed E-state index contributed by atoms with van der Waals surface area (Å²) in [7, 11) is 0. The first-order chi connectivity index (χ1) is 4.72. The highest BCUT2D eigenvalue weighted by Crippen LogP contribution is 2.04. The summed E-state index contributed by atoms with van der Waals surface area (Å²) in [6.45, 7) is 5.85. The zero-order valence-corrected chi connectivity index (χ0v) is 6.83. The highest BCUT2D eigenvalue weighted by Gasteiger charge is 2.02. The number of nitrogens with zero attached hydrogens (tertiary/aromatic N) is 1. The quantitative estimate of drug-likeness (QED) is 0.278. The van der Waals surface area contributed by atoms with Crippen molar-refractivity contribution >= 4 is 5.71 Å². The van der Waals surface area contributed by atoms with Crippen molar-refractivity contribution in [2.45, 2.75) is 27.2 Å². The standard InChI is InChI=1S/C8H15NO/c1-4-5-6-7(2)8(3)9-10/h4-5,7,10H,6H2,1-3H3. The van der Waals surface area contributed by atoms with Crippen LogP contribution < -0.4 is 0 Å². The van der Waals surface area contributed by atoms with Crippen LogP contribution in [0.4, 0.5) is 0 Å². The fraction of sp³-hybridized carbons (Fsp3) is 0.625. The van der Waals surface area contributed by atoms with Gasteiger partial charge >= 0.3 is 0 Å². The SMILES string of the molecule is CC=CCC(C)C(C)=NO. The van der Waals surface area contributed by atoms with E-state index < -0.39 is 0 Å². The van der Waals surface area contributed by atoms with Gasteiger partial charge < -0.3 is 5.21 Å². The van der Waals surface area contributed by atoms with Crippen LogP contribution in [0.15, 0.2) is 17.3 Å². The summed E-state index contributed by atoms with van der Waals surface area (Å²) in [6.07, 6.45) is 5.02. The Labute approximate surface area is 62.2 Å². The first-order valence-corrected chi connectivity index (χ1v) is 3.52. The topological polar surface area (TPSA) is 32.6 Å². The third kappa shape index (κ3) is 3.28. The molecular formula is C8H15NO. The summed E-state index contributed by atoms with van der Waals surface area (Å²) < 4.78 is 0. The van der Waals surface area contributed by atoms with Crippen LogP contribution in [0.1, 0.15) is 27.2 Å². The minimum absolute atomic E-state index is 0.348. The predicted octanol–water partition coefficient (Wildman–Crippen LogP) is 2.44. The van der Waals surface area contributed by atoms with E-state index in [-0.39, 0.29) is 0 Å². The Bertz CT molecular complexity index is 138. The number of rotatable bonds is 3. The maximum Gasteiger partial charge on any atom is 0.0571 e. The Morgan fingerprint density at radius 1 is 1.70 bits per heavy atom. The highest BCUT2D eigenvalue weighted by molar-refractivity contribution is 5.83. The van der Waals surface area contributed by atoms with Crippen molar-refractivity contribution in [3.05, 3.63) is 12.2 Å². The summed E-state index contributed by atoms with van der Waals surface area (Å²) in [5.41, 5.74) is 0.790. The van der Waals surface area contributed by atoms with Crippen molar-refractivity contribution in [2.24, 2.45) is 11.1 Å². The summed E-state index contributed by atoms with van der Waals surface area (Å²) in [6, 6.07) is 0. The molecule has 0 amide bonds. The van der Waals surface area contributed by atoms with E-state index in [4.69, 9.17) is 5.21 Å². The van der Waals surface area contributed by atoms with Gasteiger partial charge in [0.05, 0.1) is 5.71 Å². The fourth-order valence-corrected chi connectivity index (χ4v) is 0.609. The lowest BCUT2D eigenvalue weighted by atomic mass is 10.0. The molecule has 0 spiro atoms. The molecule has 0 fully saturated rings. The second-order valence-corrected chi connectivity index (χ2v) is 2.45. The number of allylic oxidation sites excluding steroid dienone is 2. The molecule has 0 saturated carbocycles. The van der Waals surface area contributed by atoms with E-state index in [1.807, 2.05) is 26.8 Å². The maximum atomic E-state index is 8.37. The van der Waals surface area contributed by atoms with Crippen LogP contribution in [0.25, 0.3) is 0 Å². The molecule has 1 unspecified atom stereocenters. The largest absolute Gasteiger partial charge is 0.411 e. The molecule has 0 aromatic rings. The molecule has 10 heavy (non-hydrogen) atoms. The fourth-order valence-electron chi connectivity index (χ4n) is 0.609. The molecule has 58 valence electrons. The number of hydrogen-bond acceptors (Lipinski definition) is 2. The van der Waals surface area contributed by atoms with E-state index in [0.717, 1.165) is 12.1 Å². The van der Waals surface area contributed by atoms with Crippen LogP contribution in [-0.2, 0) is 0 Å². The van der Waals surface area contributed by atoms with Crippen LogP contribution in [0.3, 0.4) is 0 Å². The first-order valence-electron chi connectivity index (χ1n) is 3.52. The minimum atomic E-state index is 0.348. The van der Waals surface area contributed by atoms with Gasteiger partial charge in [0.2, 0.25) is 0 Å². The van der Waals surface area contributed by atoms with Gasteiger partial charge in [-0.1, -0.05) is 24.2 Å². The van der Waals surface area contributed by atoms with Crippen LogP contribution in [0, 0.1) is 5.92 Å². The van der Waals surface area contributed by atoms with E-state index in [2.05, 4.69) is 11.2 Å². The van der Waals surface area contributed by atoms with Gasteiger partial charge in [0, 0.05) is 5.92 Å². The maximum absolute atomic E-state index is 8.37. The second-order valence-electron chi connectivity index (χ2n) is 2.45. The molecule has 0 bridgehead atoms. The van der Waals surface area contributed by atoms with Crippen molar-refractivity contribution in [3.8, 4) is 0 Å². The van der Waals surface area contributed by atoms with Crippen LogP contribution in [0.5, 0.6) is 0 Å². The first kappa shape index (κ1) is 9.21. The monoisotopic (exact) mass is 141 g/mol. The summed E-state index contributed by atoms with van der Waals surface area (Å²) in [5.74, 6) is 0.348. The number of hydrogen-bond donors (Lipinski definition) is 1. The van der Waals surface area contributed by atoms with Gasteiger partial charge in [-0.15, -0.1) is 0 Å². The van der Waals surface area contributed by atoms with E-state index in [1.54, 1.807) is 0 Å². The minimum Gasteiger partial charge on any atom is -0.411 e. The van der Waals surface area contributed by atoms with Gasteiger partial charge in [-0.25, -0.2) is 0 Å². The van der Waals surface area contributed by atoms with Crippen molar-refractivity contribution in [3.63, 3.8) is 0 Å². The van der Waals surface area contributed by atoms with Crippen molar-refractivity contribution in [1.29, 1.82) is 0 Å². The van der Waals surface area contributed by atoms with Gasteiger partial charge in [-0.05, 0) is 20.3 Å². The second kappa shape index (κ2) is 5.03. The summed E-state index contributed by atoms with van der Waals surface area (Å²) in [5, 5.41) is 11.5. The van der Waals surface area contributed by atoms with Gasteiger partial charge in [0.15, 0.2) is 0 Å². The van der Waals surface area contributed by atoms with Crippen molar-refractivity contribution in [2.75, 3.05) is 0 Å². The Kier molecular flexibility index (Phi) is 4.63. The molecule has 2 heteroatoms. The van der Waals surface area contributed by atoms with Crippen molar-refractivity contribution in [1.82, 2.24) is 0 Å². The molecular weight excluding hydrogens is 126 g/mol. The lowest BCUT2D eigenvalue weighted by molar-refractivity contribution is 0.315. The third-order valence-electron chi connectivity index (χ3n) is 1.60. The molecule has 0 aromatic heterocycles. The van der Waals surface area contributed by atoms with Crippen LogP contribution in [-0.4, -0.2) is 10.9 Å². The predicted molar refractivity (Wildman–Crippen MR) is 43.5 cm³/mol. The molecule has 0 saturated heterocycles. The lowest BCUT2D eigenvalue weighted by Crippen LogP contribution is -2.05. The smallest absolute Gasteiger partial charge is 0.0571 e. The zero-order valence-electron chi connectivity index (χ0n) is 6.83. The normalized spacial score (nSPS) is 16.1. The Morgan fingerprint density at radius 3 is 2.70 bits per heavy atom. The highest BCUT2D eigenvalue weighted by atomic mass is 16.4. The molecule has 0 aliphatic heterocycles. The molecule has 0 aliphatic carbocycles. The van der Waals surface area contributed by atoms with Gasteiger partial charge in [0.25, 0.3) is 0 Å². The third-order valence-corrected chi connectivity index (χ3v) is 1.60. The van der Waals surface area contributed by atoms with Crippen molar-refractivity contribution < 1.29 is 5.21 Å². The molecule has 2 nitrogen and oxygen atoms in total. The molecule has 0 radical (unpaired) electrons. The number of oxime groups is 1.